The van der Waals surface area contributed by atoms with Crippen molar-refractivity contribution in [3.63, 3.8) is 0 Å². The molecule has 0 bridgehead atoms. The molecule has 3 nitrogen and oxygen atoms in total. The van der Waals surface area contributed by atoms with Crippen molar-refractivity contribution in [1.82, 2.24) is 9.78 Å². The largest absolute Gasteiger partial charge is 0.485 e. The minimum Gasteiger partial charge on any atom is -0.485 e. The Hall–Kier alpha value is -0.610. The molecule has 0 amide bonds. The van der Waals surface area contributed by atoms with Crippen LogP contribution in [0.25, 0.3) is 0 Å². The summed E-state index contributed by atoms with van der Waals surface area (Å²) in [6, 6.07) is 3.36. The Bertz CT molecular complexity index is 655. The summed E-state index contributed by atoms with van der Waals surface area (Å²) < 4.78 is 7.51. The van der Waals surface area contributed by atoms with Crippen molar-refractivity contribution in [3.05, 3.63) is 44.2 Å². The number of aryl methyl sites for hydroxylation is 2. The lowest BCUT2D eigenvalue weighted by atomic mass is 10.2. The van der Waals surface area contributed by atoms with Crippen LogP contribution in [0.4, 0.5) is 0 Å². The molecular formula is C14H14Cl4N2O. The molecule has 2 rings (SSSR count). The quantitative estimate of drug-likeness (QED) is 0.674. The van der Waals surface area contributed by atoms with Gasteiger partial charge in [-0.15, -0.1) is 11.6 Å². The molecule has 0 aliphatic rings. The second kappa shape index (κ2) is 7.10. The number of halogens is 4. The van der Waals surface area contributed by atoms with Crippen molar-refractivity contribution in [2.24, 2.45) is 7.05 Å². The van der Waals surface area contributed by atoms with Crippen molar-refractivity contribution in [1.29, 1.82) is 0 Å². The Morgan fingerprint density at radius 3 is 2.52 bits per heavy atom. The highest BCUT2D eigenvalue weighted by Gasteiger charge is 2.16. The maximum Gasteiger partial charge on any atom is 0.142 e. The van der Waals surface area contributed by atoms with E-state index in [1.165, 1.54) is 0 Å². The molecule has 0 aliphatic heterocycles. The molecule has 0 spiro atoms. The summed E-state index contributed by atoms with van der Waals surface area (Å²) in [5.74, 6) is 0.779. The summed E-state index contributed by atoms with van der Waals surface area (Å²) in [6.45, 7) is 2.26. The maximum atomic E-state index is 6.29. The standard InChI is InChI=1S/C14H14Cl4N2O/c1-3-11-13(18)12(20(2)19-11)7-21-14-8(6-15)4-9(16)5-10(14)17/h4-5H,3,6-7H2,1-2H3. The van der Waals surface area contributed by atoms with Crippen LogP contribution in [-0.4, -0.2) is 9.78 Å². The summed E-state index contributed by atoms with van der Waals surface area (Å²) in [7, 11) is 1.83. The van der Waals surface area contributed by atoms with Crippen molar-refractivity contribution >= 4 is 46.4 Å². The molecule has 0 fully saturated rings. The average molecular weight is 368 g/mol. The minimum atomic E-state index is 0.258. The predicted octanol–water partition coefficient (Wildman–Crippen LogP) is 5.26. The van der Waals surface area contributed by atoms with Gasteiger partial charge in [-0.2, -0.15) is 5.10 Å². The molecule has 1 aromatic carbocycles. The predicted molar refractivity (Wildman–Crippen MR) is 87.9 cm³/mol. The molecule has 0 saturated carbocycles. The van der Waals surface area contributed by atoms with E-state index in [1.807, 2.05) is 14.0 Å². The molecule has 21 heavy (non-hydrogen) atoms. The zero-order chi connectivity index (χ0) is 15.6. The van der Waals surface area contributed by atoms with Gasteiger partial charge in [-0.25, -0.2) is 0 Å². The Morgan fingerprint density at radius 1 is 1.24 bits per heavy atom. The first kappa shape index (κ1) is 16.8. The first-order valence-electron chi connectivity index (χ1n) is 6.34. The normalized spacial score (nSPS) is 11.0. The average Bonchev–Trinajstić information content (AvgIpc) is 2.72. The first-order chi connectivity index (χ1) is 9.97. The Morgan fingerprint density at radius 2 is 1.95 bits per heavy atom. The summed E-state index contributed by atoms with van der Waals surface area (Å²) in [5, 5.41) is 5.91. The second-order valence-corrected chi connectivity index (χ2v) is 5.97. The number of hydrogen-bond acceptors (Lipinski definition) is 2. The van der Waals surface area contributed by atoms with Crippen LogP contribution in [0.1, 0.15) is 23.9 Å². The molecule has 7 heteroatoms. The first-order valence-corrected chi connectivity index (χ1v) is 8.01. The van der Waals surface area contributed by atoms with Gasteiger partial charge in [0.25, 0.3) is 0 Å². The van der Waals surface area contributed by atoms with E-state index in [9.17, 15) is 0 Å². The smallest absolute Gasteiger partial charge is 0.142 e. The number of nitrogens with zero attached hydrogens (tertiary/aromatic N) is 2. The Balaban J connectivity index is 2.27. The van der Waals surface area contributed by atoms with Gasteiger partial charge >= 0.3 is 0 Å². The van der Waals surface area contributed by atoms with Crippen LogP contribution in [-0.2, 0) is 26.0 Å². The van der Waals surface area contributed by atoms with Crippen LogP contribution in [0, 0.1) is 0 Å². The van der Waals surface area contributed by atoms with Crippen LogP contribution in [0.15, 0.2) is 12.1 Å². The molecule has 0 N–H and O–H groups in total. The number of alkyl halides is 1. The van der Waals surface area contributed by atoms with Crippen molar-refractivity contribution in [2.45, 2.75) is 25.8 Å². The van der Waals surface area contributed by atoms with Gasteiger partial charge in [-0.05, 0) is 18.6 Å². The lowest BCUT2D eigenvalue weighted by Crippen LogP contribution is -2.05. The fourth-order valence-electron chi connectivity index (χ4n) is 1.99. The van der Waals surface area contributed by atoms with E-state index in [2.05, 4.69) is 5.10 Å². The van der Waals surface area contributed by atoms with Gasteiger partial charge in [-0.1, -0.05) is 41.7 Å². The van der Waals surface area contributed by atoms with Crippen molar-refractivity contribution in [2.75, 3.05) is 0 Å². The summed E-state index contributed by atoms with van der Waals surface area (Å²) in [4.78, 5) is 0. The van der Waals surface area contributed by atoms with Gasteiger partial charge < -0.3 is 4.74 Å². The van der Waals surface area contributed by atoms with Gasteiger partial charge in [0, 0.05) is 17.6 Å². The number of rotatable bonds is 5. The van der Waals surface area contributed by atoms with E-state index < -0.39 is 0 Å². The van der Waals surface area contributed by atoms with E-state index in [4.69, 9.17) is 51.1 Å². The fraction of sp³-hybridized carbons (Fsp3) is 0.357. The SMILES string of the molecule is CCc1nn(C)c(COc2c(Cl)cc(Cl)cc2CCl)c1Cl. The van der Waals surface area contributed by atoms with Crippen molar-refractivity contribution < 1.29 is 4.74 Å². The van der Waals surface area contributed by atoms with Crippen LogP contribution >= 0.6 is 46.4 Å². The zero-order valence-corrected chi connectivity index (χ0v) is 14.6. The monoisotopic (exact) mass is 366 g/mol. The minimum absolute atomic E-state index is 0.258. The van der Waals surface area contributed by atoms with E-state index in [1.54, 1.807) is 16.8 Å². The topological polar surface area (TPSA) is 27.1 Å². The highest BCUT2D eigenvalue weighted by Crippen LogP contribution is 2.34. The van der Waals surface area contributed by atoms with Crippen LogP contribution in [0.2, 0.25) is 15.1 Å². The van der Waals surface area contributed by atoms with E-state index in [0.717, 1.165) is 23.4 Å². The van der Waals surface area contributed by atoms with E-state index >= 15 is 0 Å². The second-order valence-electron chi connectivity index (χ2n) is 4.48. The molecule has 114 valence electrons. The third-order valence-corrected chi connectivity index (χ3v) is 4.31. The van der Waals surface area contributed by atoms with E-state index in [0.29, 0.717) is 20.8 Å². The molecule has 0 unspecified atom stereocenters. The van der Waals surface area contributed by atoms with Gasteiger partial charge in [0.05, 0.1) is 27.3 Å². The molecule has 0 radical (unpaired) electrons. The van der Waals surface area contributed by atoms with Crippen LogP contribution in [0.5, 0.6) is 5.75 Å². The molecule has 0 aliphatic carbocycles. The molecule has 0 saturated heterocycles. The summed E-state index contributed by atoms with van der Waals surface area (Å²) >= 11 is 24.3. The summed E-state index contributed by atoms with van der Waals surface area (Å²) in [6.07, 6.45) is 0.765. The molecule has 2 aromatic rings. The molecule has 1 aromatic heterocycles. The Labute approximate surface area is 143 Å². The third-order valence-electron chi connectivity index (χ3n) is 3.09. The fourth-order valence-corrected chi connectivity index (χ4v) is 3.13. The summed E-state index contributed by atoms with van der Waals surface area (Å²) in [5.41, 5.74) is 2.38. The van der Waals surface area contributed by atoms with Crippen LogP contribution in [0.3, 0.4) is 0 Å². The number of hydrogen-bond donors (Lipinski definition) is 0. The maximum absolute atomic E-state index is 6.29. The lowest BCUT2D eigenvalue weighted by molar-refractivity contribution is 0.293. The third kappa shape index (κ3) is 3.59. The highest BCUT2D eigenvalue weighted by atomic mass is 35.5. The highest BCUT2D eigenvalue weighted by molar-refractivity contribution is 6.36. The van der Waals surface area contributed by atoms with Gasteiger partial charge in [-0.3, -0.25) is 4.68 Å². The van der Waals surface area contributed by atoms with Crippen molar-refractivity contribution in [3.8, 4) is 5.75 Å². The number of benzene rings is 1. The number of ether oxygens (including phenoxy) is 1. The van der Waals surface area contributed by atoms with Gasteiger partial charge in [0.15, 0.2) is 0 Å². The lowest BCUT2D eigenvalue weighted by Gasteiger charge is -2.12. The Kier molecular flexibility index (Phi) is 5.67. The molecule has 1 heterocycles. The number of aromatic nitrogens is 2. The van der Waals surface area contributed by atoms with E-state index in [-0.39, 0.29) is 12.5 Å². The zero-order valence-electron chi connectivity index (χ0n) is 11.6. The van der Waals surface area contributed by atoms with Crippen LogP contribution < -0.4 is 4.74 Å². The van der Waals surface area contributed by atoms with Gasteiger partial charge in [0.1, 0.15) is 12.4 Å². The molecular weight excluding hydrogens is 354 g/mol. The molecule has 0 atom stereocenters. The van der Waals surface area contributed by atoms with Gasteiger partial charge in [0.2, 0.25) is 0 Å².